The molecule has 2 aromatic carbocycles. The molecule has 2 N–H and O–H groups in total. The van der Waals surface area contributed by atoms with Crippen molar-refractivity contribution in [2.45, 2.75) is 33.1 Å². The Morgan fingerprint density at radius 3 is 2.04 bits per heavy atom. The smallest absolute Gasteiger partial charge is 0.434 e. The van der Waals surface area contributed by atoms with Crippen LogP contribution in [0.2, 0.25) is 0 Å². The van der Waals surface area contributed by atoms with E-state index in [4.69, 9.17) is 4.74 Å². The van der Waals surface area contributed by atoms with Crippen LogP contribution < -0.4 is 15.4 Å². The van der Waals surface area contributed by atoms with Crippen LogP contribution in [0.4, 0.5) is 16.2 Å². The Morgan fingerprint density at radius 2 is 1.46 bits per heavy atom. The second kappa shape index (κ2) is 10.7. The molecule has 7 nitrogen and oxygen atoms in total. The summed E-state index contributed by atoms with van der Waals surface area (Å²) >= 11 is 0. The molecule has 0 aliphatic heterocycles. The lowest BCUT2D eigenvalue weighted by atomic mass is 10.2. The molecule has 0 saturated heterocycles. The van der Waals surface area contributed by atoms with Crippen molar-refractivity contribution in [1.29, 1.82) is 0 Å². The van der Waals surface area contributed by atoms with Gasteiger partial charge in [-0.2, -0.15) is 0 Å². The minimum Gasteiger partial charge on any atom is -0.434 e. The maximum absolute atomic E-state index is 12.3. The fraction of sp³-hybridized carbons (Fsp3) is 0.286. The Morgan fingerprint density at radius 1 is 0.857 bits per heavy atom. The highest BCUT2D eigenvalue weighted by Crippen LogP contribution is 2.17. The number of carbonyl (C=O) groups is 3. The molecular formula is C21H24N2O5. The van der Waals surface area contributed by atoms with Crippen LogP contribution in [-0.4, -0.2) is 24.6 Å². The van der Waals surface area contributed by atoms with Crippen molar-refractivity contribution in [3.8, 4) is 5.75 Å². The third kappa shape index (κ3) is 6.75. The molecule has 0 atom stereocenters. The third-order valence-corrected chi connectivity index (χ3v) is 3.76. The van der Waals surface area contributed by atoms with Gasteiger partial charge in [0.1, 0.15) is 5.75 Å². The summed E-state index contributed by atoms with van der Waals surface area (Å²) < 4.78 is 9.64. The number of benzene rings is 2. The fourth-order valence-corrected chi connectivity index (χ4v) is 2.32. The zero-order valence-corrected chi connectivity index (χ0v) is 16.0. The molecule has 0 unspecified atom stereocenters. The quantitative estimate of drug-likeness (QED) is 0.512. The molecule has 7 heteroatoms. The van der Waals surface area contributed by atoms with E-state index in [0.717, 1.165) is 12.8 Å². The van der Waals surface area contributed by atoms with Crippen molar-refractivity contribution in [3.63, 3.8) is 0 Å². The summed E-state index contributed by atoms with van der Waals surface area (Å²) in [5.41, 5.74) is 1.69. The second-order valence-corrected chi connectivity index (χ2v) is 5.99. The second-order valence-electron chi connectivity index (χ2n) is 5.99. The SMILES string of the molecule is CCCCC(=O)Nc1ccc(NC(=O)c2ccc(OC(=O)OCC)cc2)cc1. The van der Waals surface area contributed by atoms with Gasteiger partial charge >= 0.3 is 6.16 Å². The van der Waals surface area contributed by atoms with Gasteiger partial charge in [0.15, 0.2) is 0 Å². The van der Waals surface area contributed by atoms with Gasteiger partial charge < -0.3 is 20.1 Å². The maximum atomic E-state index is 12.3. The van der Waals surface area contributed by atoms with E-state index in [1.165, 1.54) is 12.1 Å². The van der Waals surface area contributed by atoms with Crippen LogP contribution >= 0.6 is 0 Å². The summed E-state index contributed by atoms with van der Waals surface area (Å²) in [4.78, 5) is 35.3. The van der Waals surface area contributed by atoms with Gasteiger partial charge in [-0.15, -0.1) is 0 Å². The van der Waals surface area contributed by atoms with Gasteiger partial charge in [-0.1, -0.05) is 13.3 Å². The number of hydrogen-bond acceptors (Lipinski definition) is 5. The average Bonchev–Trinajstić information content (AvgIpc) is 2.68. The Kier molecular flexibility index (Phi) is 8.02. The molecule has 0 heterocycles. The van der Waals surface area contributed by atoms with Crippen molar-refractivity contribution >= 4 is 29.3 Å². The molecule has 148 valence electrons. The van der Waals surface area contributed by atoms with E-state index in [9.17, 15) is 14.4 Å². The lowest BCUT2D eigenvalue weighted by Crippen LogP contribution is -2.13. The number of amides is 2. The van der Waals surface area contributed by atoms with E-state index in [0.29, 0.717) is 23.4 Å². The summed E-state index contributed by atoms with van der Waals surface area (Å²) in [5.74, 6) is -0.0376. The summed E-state index contributed by atoms with van der Waals surface area (Å²) in [5, 5.41) is 5.59. The van der Waals surface area contributed by atoms with Gasteiger partial charge in [-0.05, 0) is 61.9 Å². The van der Waals surface area contributed by atoms with Gasteiger partial charge in [0.25, 0.3) is 5.91 Å². The molecule has 0 saturated carbocycles. The third-order valence-electron chi connectivity index (χ3n) is 3.76. The van der Waals surface area contributed by atoms with Crippen molar-refractivity contribution < 1.29 is 23.9 Å². The topological polar surface area (TPSA) is 93.7 Å². The first-order chi connectivity index (χ1) is 13.5. The van der Waals surface area contributed by atoms with E-state index in [1.807, 2.05) is 6.92 Å². The van der Waals surface area contributed by atoms with E-state index in [1.54, 1.807) is 43.3 Å². The Balaban J connectivity index is 1.90. The number of hydrogen-bond donors (Lipinski definition) is 2. The van der Waals surface area contributed by atoms with E-state index in [2.05, 4.69) is 15.4 Å². The molecule has 2 rings (SSSR count). The van der Waals surface area contributed by atoms with E-state index < -0.39 is 6.16 Å². The highest BCUT2D eigenvalue weighted by atomic mass is 16.7. The number of unbranched alkanes of at least 4 members (excludes halogenated alkanes) is 1. The van der Waals surface area contributed by atoms with Crippen LogP contribution in [0.15, 0.2) is 48.5 Å². The summed E-state index contributed by atoms with van der Waals surface area (Å²) in [6.45, 7) is 3.94. The number of nitrogens with one attached hydrogen (secondary N) is 2. The highest BCUT2D eigenvalue weighted by molar-refractivity contribution is 6.04. The van der Waals surface area contributed by atoms with Gasteiger partial charge in [0, 0.05) is 23.4 Å². The van der Waals surface area contributed by atoms with Crippen LogP contribution in [0.1, 0.15) is 43.5 Å². The van der Waals surface area contributed by atoms with Gasteiger partial charge in [0.2, 0.25) is 5.91 Å². The zero-order chi connectivity index (χ0) is 20.4. The van der Waals surface area contributed by atoms with Crippen molar-refractivity contribution in [3.05, 3.63) is 54.1 Å². The minimum absolute atomic E-state index is 0.0243. The molecule has 0 fully saturated rings. The number of ether oxygens (including phenoxy) is 2. The van der Waals surface area contributed by atoms with Crippen LogP contribution in [0.5, 0.6) is 5.75 Å². The number of anilines is 2. The maximum Gasteiger partial charge on any atom is 0.513 e. The van der Waals surface area contributed by atoms with Crippen LogP contribution in [-0.2, 0) is 9.53 Å². The van der Waals surface area contributed by atoms with E-state index in [-0.39, 0.29) is 24.2 Å². The summed E-state index contributed by atoms with van der Waals surface area (Å²) in [7, 11) is 0. The van der Waals surface area contributed by atoms with Crippen LogP contribution in [0.3, 0.4) is 0 Å². The van der Waals surface area contributed by atoms with Gasteiger partial charge in [-0.25, -0.2) is 4.79 Å². The normalized spacial score (nSPS) is 10.1. The predicted molar refractivity (Wildman–Crippen MR) is 107 cm³/mol. The highest BCUT2D eigenvalue weighted by Gasteiger charge is 2.09. The molecule has 0 radical (unpaired) electrons. The Bertz CT molecular complexity index is 801. The minimum atomic E-state index is -0.790. The van der Waals surface area contributed by atoms with Gasteiger partial charge in [0.05, 0.1) is 6.61 Å². The molecule has 0 aromatic heterocycles. The van der Waals surface area contributed by atoms with Crippen molar-refractivity contribution in [2.24, 2.45) is 0 Å². The molecule has 0 aliphatic carbocycles. The zero-order valence-electron chi connectivity index (χ0n) is 16.0. The molecule has 28 heavy (non-hydrogen) atoms. The number of carbonyl (C=O) groups excluding carboxylic acids is 3. The van der Waals surface area contributed by atoms with Crippen LogP contribution in [0.25, 0.3) is 0 Å². The largest absolute Gasteiger partial charge is 0.513 e. The first-order valence-corrected chi connectivity index (χ1v) is 9.17. The molecule has 0 bridgehead atoms. The standard InChI is InChI=1S/C21H24N2O5/c1-3-5-6-19(24)22-16-9-11-17(12-10-16)23-20(25)15-7-13-18(14-8-15)28-21(26)27-4-2/h7-14H,3-6H2,1-2H3,(H,22,24)(H,23,25). The predicted octanol–water partition coefficient (Wildman–Crippen LogP) is 4.60. The number of rotatable bonds is 8. The van der Waals surface area contributed by atoms with E-state index >= 15 is 0 Å². The molecule has 2 aromatic rings. The molecular weight excluding hydrogens is 360 g/mol. The summed E-state index contributed by atoms with van der Waals surface area (Å²) in [6.07, 6.45) is 1.52. The lowest BCUT2D eigenvalue weighted by Gasteiger charge is -2.09. The molecule has 0 aliphatic rings. The van der Waals surface area contributed by atoms with Crippen LogP contribution in [0, 0.1) is 0 Å². The molecule has 0 spiro atoms. The Labute approximate surface area is 164 Å². The molecule has 2 amide bonds. The first kappa shape index (κ1) is 21.0. The van der Waals surface area contributed by atoms with Gasteiger partial charge in [-0.3, -0.25) is 9.59 Å². The first-order valence-electron chi connectivity index (χ1n) is 9.17. The Hall–Kier alpha value is -3.35. The monoisotopic (exact) mass is 384 g/mol. The average molecular weight is 384 g/mol. The lowest BCUT2D eigenvalue weighted by molar-refractivity contribution is -0.116. The fourth-order valence-electron chi connectivity index (χ4n) is 2.32. The summed E-state index contributed by atoms with van der Waals surface area (Å²) in [6, 6.07) is 13.0. The van der Waals surface area contributed by atoms with Crippen molar-refractivity contribution in [1.82, 2.24) is 0 Å². The van der Waals surface area contributed by atoms with Crippen molar-refractivity contribution in [2.75, 3.05) is 17.2 Å².